The highest BCUT2D eigenvalue weighted by atomic mass is 19.3. The van der Waals surface area contributed by atoms with E-state index in [1.54, 1.807) is 18.2 Å². The third-order valence-electron chi connectivity index (χ3n) is 4.79. The van der Waals surface area contributed by atoms with E-state index < -0.39 is 17.9 Å². The van der Waals surface area contributed by atoms with Gasteiger partial charge >= 0.3 is 12.3 Å². The SMILES string of the molecule is CCCCn1c(=O)[nH]c(=O)c2cc(-c3nc(Cc4ccc(OC(F)F)cc4)no3)cnc21. The number of nitrogens with one attached hydrogen (secondary N) is 1. The molecule has 4 rings (SSSR count). The van der Waals surface area contributed by atoms with E-state index in [-0.39, 0.29) is 17.0 Å². The van der Waals surface area contributed by atoms with Crippen molar-refractivity contribution >= 4 is 11.0 Å². The van der Waals surface area contributed by atoms with Gasteiger partial charge in [0.15, 0.2) is 5.82 Å². The number of pyridine rings is 1. The summed E-state index contributed by atoms with van der Waals surface area (Å²) in [4.78, 5) is 35.4. The Morgan fingerprint density at radius 3 is 2.72 bits per heavy atom. The number of aromatic amines is 1. The molecule has 0 atom stereocenters. The zero-order valence-electron chi connectivity index (χ0n) is 17.0. The number of hydrogen-bond acceptors (Lipinski definition) is 7. The molecule has 9 nitrogen and oxygen atoms in total. The van der Waals surface area contributed by atoms with E-state index in [1.807, 2.05) is 6.92 Å². The van der Waals surface area contributed by atoms with E-state index in [9.17, 15) is 18.4 Å². The largest absolute Gasteiger partial charge is 0.435 e. The van der Waals surface area contributed by atoms with Crippen LogP contribution >= 0.6 is 0 Å². The van der Waals surface area contributed by atoms with Gasteiger partial charge in [0, 0.05) is 19.2 Å². The lowest BCUT2D eigenvalue weighted by molar-refractivity contribution is -0.0498. The monoisotopic (exact) mass is 443 g/mol. The number of unbranched alkanes of at least 4 members (excludes halogenated alkanes) is 1. The summed E-state index contributed by atoms with van der Waals surface area (Å²) in [5.74, 6) is 0.588. The van der Waals surface area contributed by atoms with Crippen LogP contribution in [0.15, 0.2) is 50.6 Å². The number of alkyl halides is 2. The smallest absolute Gasteiger partial charge is 0.387 e. The van der Waals surface area contributed by atoms with Crippen LogP contribution in [0.1, 0.15) is 31.2 Å². The Kier molecular flexibility index (Phi) is 6.06. The first-order chi connectivity index (χ1) is 15.4. The Hall–Kier alpha value is -3.89. The molecule has 0 spiro atoms. The third-order valence-corrected chi connectivity index (χ3v) is 4.79. The Morgan fingerprint density at radius 1 is 1.22 bits per heavy atom. The van der Waals surface area contributed by atoms with Crippen molar-refractivity contribution in [2.45, 2.75) is 39.3 Å². The molecule has 0 amide bonds. The Bertz CT molecular complexity index is 1350. The molecule has 3 heterocycles. The van der Waals surface area contributed by atoms with E-state index in [2.05, 4.69) is 24.8 Å². The average Bonchev–Trinajstić information content (AvgIpc) is 3.23. The molecule has 0 fully saturated rings. The minimum atomic E-state index is -2.88. The van der Waals surface area contributed by atoms with Crippen LogP contribution in [0.25, 0.3) is 22.5 Å². The van der Waals surface area contributed by atoms with Crippen LogP contribution in [0.5, 0.6) is 5.75 Å². The molecule has 0 unspecified atom stereocenters. The van der Waals surface area contributed by atoms with Gasteiger partial charge in [-0.3, -0.25) is 14.3 Å². The lowest BCUT2D eigenvalue weighted by Crippen LogP contribution is -2.31. The highest BCUT2D eigenvalue weighted by molar-refractivity contribution is 5.78. The number of rotatable bonds is 8. The zero-order chi connectivity index (χ0) is 22.7. The van der Waals surface area contributed by atoms with Crippen molar-refractivity contribution in [3.8, 4) is 17.2 Å². The van der Waals surface area contributed by atoms with Gasteiger partial charge in [0.05, 0.1) is 10.9 Å². The second kappa shape index (κ2) is 9.08. The van der Waals surface area contributed by atoms with Gasteiger partial charge in [-0.15, -0.1) is 0 Å². The zero-order valence-corrected chi connectivity index (χ0v) is 17.0. The van der Waals surface area contributed by atoms with Crippen molar-refractivity contribution in [3.63, 3.8) is 0 Å². The summed E-state index contributed by atoms with van der Waals surface area (Å²) in [6, 6.07) is 7.66. The van der Waals surface area contributed by atoms with Crippen molar-refractivity contribution in [3.05, 3.63) is 68.8 Å². The normalized spacial score (nSPS) is 11.4. The fourth-order valence-corrected chi connectivity index (χ4v) is 3.22. The standard InChI is InChI=1S/C21H19F2N5O4/c1-2-3-8-28-17-15(18(29)26-21(28)30)10-13(11-24-17)19-25-16(27-32-19)9-12-4-6-14(7-5-12)31-20(22)23/h4-7,10-11,20H,2-3,8-9H2,1H3,(H,26,29,30). The first kappa shape index (κ1) is 21.3. The molecular formula is C21H19F2N5O4. The van der Waals surface area contributed by atoms with Gasteiger partial charge < -0.3 is 9.26 Å². The average molecular weight is 443 g/mol. The lowest BCUT2D eigenvalue weighted by Gasteiger charge is -2.08. The van der Waals surface area contributed by atoms with E-state index in [1.165, 1.54) is 22.9 Å². The maximum Gasteiger partial charge on any atom is 0.387 e. The molecule has 0 saturated heterocycles. The van der Waals surface area contributed by atoms with Crippen molar-refractivity contribution in [2.75, 3.05) is 0 Å². The van der Waals surface area contributed by atoms with Crippen LogP contribution in [0.4, 0.5) is 8.78 Å². The van der Waals surface area contributed by atoms with Gasteiger partial charge in [-0.1, -0.05) is 30.6 Å². The number of fused-ring (bicyclic) bond motifs is 1. The molecule has 1 N–H and O–H groups in total. The molecule has 0 radical (unpaired) electrons. The molecule has 0 bridgehead atoms. The number of benzene rings is 1. The first-order valence-electron chi connectivity index (χ1n) is 9.94. The van der Waals surface area contributed by atoms with Crippen LogP contribution in [0.2, 0.25) is 0 Å². The van der Waals surface area contributed by atoms with Crippen LogP contribution in [-0.4, -0.2) is 31.3 Å². The number of H-pyrrole nitrogens is 1. The number of aromatic nitrogens is 5. The second-order valence-electron chi connectivity index (χ2n) is 7.07. The van der Waals surface area contributed by atoms with Gasteiger partial charge in [-0.05, 0) is 30.2 Å². The highest BCUT2D eigenvalue weighted by Gasteiger charge is 2.15. The van der Waals surface area contributed by atoms with Crippen molar-refractivity contribution in [1.82, 2.24) is 24.7 Å². The summed E-state index contributed by atoms with van der Waals surface area (Å²) in [5.41, 5.74) is 0.455. The van der Waals surface area contributed by atoms with Crippen LogP contribution < -0.4 is 16.0 Å². The molecular weight excluding hydrogens is 424 g/mol. The van der Waals surface area contributed by atoms with E-state index in [4.69, 9.17) is 4.52 Å². The second-order valence-corrected chi connectivity index (χ2v) is 7.07. The molecule has 3 aromatic heterocycles. The lowest BCUT2D eigenvalue weighted by atomic mass is 10.1. The number of ether oxygens (including phenoxy) is 1. The van der Waals surface area contributed by atoms with Crippen molar-refractivity contribution < 1.29 is 18.0 Å². The third kappa shape index (κ3) is 4.56. The Balaban J connectivity index is 1.59. The fourth-order valence-electron chi connectivity index (χ4n) is 3.22. The predicted octanol–water partition coefficient (Wildman–Crippen LogP) is 3.13. The van der Waals surface area contributed by atoms with Crippen LogP contribution in [0, 0.1) is 0 Å². The summed E-state index contributed by atoms with van der Waals surface area (Å²) in [6.07, 6.45) is 3.43. The molecule has 32 heavy (non-hydrogen) atoms. The summed E-state index contributed by atoms with van der Waals surface area (Å²) in [7, 11) is 0. The van der Waals surface area contributed by atoms with Crippen molar-refractivity contribution in [2.24, 2.45) is 0 Å². The predicted molar refractivity (Wildman–Crippen MR) is 111 cm³/mol. The van der Waals surface area contributed by atoms with Gasteiger partial charge in [-0.25, -0.2) is 9.78 Å². The first-order valence-corrected chi connectivity index (χ1v) is 9.94. The van der Waals surface area contributed by atoms with E-state index >= 15 is 0 Å². The van der Waals surface area contributed by atoms with E-state index in [0.717, 1.165) is 18.4 Å². The molecule has 0 saturated carbocycles. The number of halogens is 2. The minimum absolute atomic E-state index is 0.0578. The summed E-state index contributed by atoms with van der Waals surface area (Å²) >= 11 is 0. The minimum Gasteiger partial charge on any atom is -0.435 e. The van der Waals surface area contributed by atoms with Gasteiger partial charge in [0.2, 0.25) is 0 Å². The van der Waals surface area contributed by atoms with Gasteiger partial charge in [0.25, 0.3) is 11.4 Å². The number of nitrogens with zero attached hydrogens (tertiary/aromatic N) is 4. The number of aryl methyl sites for hydroxylation is 1. The summed E-state index contributed by atoms with van der Waals surface area (Å²) in [6.45, 7) is -0.436. The molecule has 11 heteroatoms. The Morgan fingerprint density at radius 2 is 2.00 bits per heavy atom. The van der Waals surface area contributed by atoms with Crippen LogP contribution in [-0.2, 0) is 13.0 Å². The quantitative estimate of drug-likeness (QED) is 0.445. The molecule has 1 aromatic carbocycles. The molecule has 4 aromatic rings. The van der Waals surface area contributed by atoms with Crippen molar-refractivity contribution in [1.29, 1.82) is 0 Å². The van der Waals surface area contributed by atoms with Gasteiger partial charge in [0.1, 0.15) is 11.4 Å². The fraction of sp³-hybridized carbons (Fsp3) is 0.286. The molecule has 0 aliphatic heterocycles. The molecule has 166 valence electrons. The summed E-state index contributed by atoms with van der Waals surface area (Å²) < 4.78 is 35.6. The van der Waals surface area contributed by atoms with E-state index in [0.29, 0.717) is 30.0 Å². The number of hydrogen-bond donors (Lipinski definition) is 1. The highest BCUT2D eigenvalue weighted by Crippen LogP contribution is 2.21. The maximum absolute atomic E-state index is 12.3. The maximum atomic E-state index is 12.3. The molecule has 0 aliphatic rings. The Labute approximate surface area is 179 Å². The summed E-state index contributed by atoms with van der Waals surface area (Å²) in [5, 5.41) is 4.17. The topological polar surface area (TPSA) is 116 Å². The van der Waals surface area contributed by atoms with Crippen LogP contribution in [0.3, 0.4) is 0 Å². The molecule has 0 aliphatic carbocycles. The van der Waals surface area contributed by atoms with Gasteiger partial charge in [-0.2, -0.15) is 13.8 Å².